The van der Waals surface area contributed by atoms with Gasteiger partial charge in [-0.2, -0.15) is 0 Å². The first-order valence-corrected chi connectivity index (χ1v) is 3.29. The van der Waals surface area contributed by atoms with E-state index in [0.717, 1.165) is 19.6 Å². The molecule has 0 aromatic rings. The molecule has 0 unspecified atom stereocenters. The van der Waals surface area contributed by atoms with Crippen LogP contribution >= 0.6 is 0 Å². The van der Waals surface area contributed by atoms with Crippen LogP contribution in [-0.2, 0) is 0 Å². The standard InChI is InChI=1S/C7H15NO/c1-3-5-8(4-2)6-7-9/h3,9H,1,4-7H2,2H3. The summed E-state index contributed by atoms with van der Waals surface area (Å²) in [7, 11) is 0. The maximum absolute atomic E-state index is 8.52. The van der Waals surface area contributed by atoms with E-state index in [2.05, 4.69) is 18.4 Å². The SMILES string of the molecule is C=CCN(CC)CCO. The summed E-state index contributed by atoms with van der Waals surface area (Å²) in [5, 5.41) is 8.52. The summed E-state index contributed by atoms with van der Waals surface area (Å²) < 4.78 is 0. The van der Waals surface area contributed by atoms with Crippen molar-refractivity contribution in [1.82, 2.24) is 4.90 Å². The fraction of sp³-hybridized carbons (Fsp3) is 0.714. The van der Waals surface area contributed by atoms with E-state index in [1.165, 1.54) is 0 Å². The quantitative estimate of drug-likeness (QED) is 0.546. The molecule has 0 aliphatic carbocycles. The van der Waals surface area contributed by atoms with Crippen LogP contribution in [0.15, 0.2) is 12.7 Å². The largest absolute Gasteiger partial charge is 0.395 e. The Morgan fingerprint density at radius 1 is 1.67 bits per heavy atom. The highest BCUT2D eigenvalue weighted by atomic mass is 16.3. The molecule has 0 aliphatic rings. The van der Waals surface area contributed by atoms with Crippen LogP contribution in [-0.4, -0.2) is 36.2 Å². The van der Waals surface area contributed by atoms with E-state index >= 15 is 0 Å². The molecule has 0 bridgehead atoms. The number of aliphatic hydroxyl groups is 1. The van der Waals surface area contributed by atoms with Crippen molar-refractivity contribution in [3.05, 3.63) is 12.7 Å². The molecular weight excluding hydrogens is 114 g/mol. The summed E-state index contributed by atoms with van der Waals surface area (Å²) in [6.45, 7) is 8.52. The van der Waals surface area contributed by atoms with Gasteiger partial charge in [-0.15, -0.1) is 6.58 Å². The van der Waals surface area contributed by atoms with Gasteiger partial charge < -0.3 is 5.11 Å². The molecule has 0 amide bonds. The Balaban J connectivity index is 3.28. The number of nitrogens with zero attached hydrogens (tertiary/aromatic N) is 1. The van der Waals surface area contributed by atoms with Gasteiger partial charge in [-0.1, -0.05) is 13.0 Å². The average Bonchev–Trinajstić information content (AvgIpc) is 1.88. The summed E-state index contributed by atoms with van der Waals surface area (Å²) in [6, 6.07) is 0. The lowest BCUT2D eigenvalue weighted by Gasteiger charge is -2.15. The first-order chi connectivity index (χ1) is 4.35. The summed E-state index contributed by atoms with van der Waals surface area (Å²) in [4.78, 5) is 2.12. The van der Waals surface area contributed by atoms with Gasteiger partial charge in [0.15, 0.2) is 0 Å². The van der Waals surface area contributed by atoms with Gasteiger partial charge >= 0.3 is 0 Å². The monoisotopic (exact) mass is 129 g/mol. The molecule has 0 atom stereocenters. The Morgan fingerprint density at radius 3 is 2.67 bits per heavy atom. The normalized spacial score (nSPS) is 10.1. The molecule has 0 rings (SSSR count). The Kier molecular flexibility index (Phi) is 5.57. The molecule has 0 radical (unpaired) electrons. The van der Waals surface area contributed by atoms with Crippen molar-refractivity contribution in [2.75, 3.05) is 26.2 Å². The molecule has 1 N–H and O–H groups in total. The molecule has 2 nitrogen and oxygen atoms in total. The van der Waals surface area contributed by atoms with Crippen LogP contribution in [0.4, 0.5) is 0 Å². The fourth-order valence-corrected chi connectivity index (χ4v) is 0.702. The molecule has 54 valence electrons. The van der Waals surface area contributed by atoms with Crippen molar-refractivity contribution in [3.63, 3.8) is 0 Å². The molecule has 0 heterocycles. The van der Waals surface area contributed by atoms with Crippen LogP contribution in [0.2, 0.25) is 0 Å². The third-order valence-electron chi connectivity index (χ3n) is 1.25. The van der Waals surface area contributed by atoms with E-state index in [-0.39, 0.29) is 6.61 Å². The van der Waals surface area contributed by atoms with E-state index in [9.17, 15) is 0 Å². The minimum absolute atomic E-state index is 0.238. The number of likely N-dealkylation sites (N-methyl/N-ethyl adjacent to an activating group) is 1. The first kappa shape index (κ1) is 8.66. The summed E-state index contributed by atoms with van der Waals surface area (Å²) >= 11 is 0. The highest BCUT2D eigenvalue weighted by molar-refractivity contribution is 4.71. The smallest absolute Gasteiger partial charge is 0.0558 e. The van der Waals surface area contributed by atoms with Crippen LogP contribution in [0.5, 0.6) is 0 Å². The molecule has 2 heteroatoms. The molecule has 0 aromatic heterocycles. The van der Waals surface area contributed by atoms with E-state index in [0.29, 0.717) is 0 Å². The topological polar surface area (TPSA) is 23.5 Å². The number of rotatable bonds is 5. The van der Waals surface area contributed by atoms with E-state index < -0.39 is 0 Å². The van der Waals surface area contributed by atoms with Crippen molar-refractivity contribution >= 4 is 0 Å². The van der Waals surface area contributed by atoms with Crippen LogP contribution in [0.1, 0.15) is 6.92 Å². The van der Waals surface area contributed by atoms with E-state index in [1.807, 2.05) is 6.08 Å². The van der Waals surface area contributed by atoms with Crippen molar-refractivity contribution in [3.8, 4) is 0 Å². The molecule has 0 saturated heterocycles. The zero-order valence-electron chi connectivity index (χ0n) is 6.01. The second-order valence-electron chi connectivity index (χ2n) is 1.91. The first-order valence-electron chi connectivity index (χ1n) is 3.29. The van der Waals surface area contributed by atoms with Gasteiger partial charge in [-0.25, -0.2) is 0 Å². The molecule has 0 saturated carbocycles. The molecular formula is C7H15NO. The van der Waals surface area contributed by atoms with Crippen molar-refractivity contribution in [1.29, 1.82) is 0 Å². The summed E-state index contributed by atoms with van der Waals surface area (Å²) in [6.07, 6.45) is 1.85. The van der Waals surface area contributed by atoms with Gasteiger partial charge in [0, 0.05) is 13.1 Å². The zero-order valence-corrected chi connectivity index (χ0v) is 6.01. The summed E-state index contributed by atoms with van der Waals surface area (Å²) in [5.74, 6) is 0. The number of hydrogen-bond donors (Lipinski definition) is 1. The third-order valence-corrected chi connectivity index (χ3v) is 1.25. The molecule has 0 fully saturated rings. The van der Waals surface area contributed by atoms with Crippen molar-refractivity contribution in [2.24, 2.45) is 0 Å². The molecule has 0 aliphatic heterocycles. The maximum Gasteiger partial charge on any atom is 0.0558 e. The van der Waals surface area contributed by atoms with E-state index in [4.69, 9.17) is 5.11 Å². The van der Waals surface area contributed by atoms with Crippen molar-refractivity contribution < 1.29 is 5.11 Å². The lowest BCUT2D eigenvalue weighted by atomic mass is 10.4. The number of hydrogen-bond acceptors (Lipinski definition) is 2. The summed E-state index contributed by atoms with van der Waals surface area (Å²) in [5.41, 5.74) is 0. The van der Waals surface area contributed by atoms with Crippen molar-refractivity contribution in [2.45, 2.75) is 6.92 Å². The molecule has 0 aromatic carbocycles. The van der Waals surface area contributed by atoms with Gasteiger partial charge in [-0.3, -0.25) is 4.90 Å². The molecule has 9 heavy (non-hydrogen) atoms. The molecule has 0 spiro atoms. The van der Waals surface area contributed by atoms with Gasteiger partial charge in [0.05, 0.1) is 6.61 Å². The predicted molar refractivity (Wildman–Crippen MR) is 39.4 cm³/mol. The Labute approximate surface area is 56.8 Å². The highest BCUT2D eigenvalue weighted by Gasteiger charge is 1.95. The third kappa shape index (κ3) is 4.18. The van der Waals surface area contributed by atoms with Gasteiger partial charge in [-0.05, 0) is 6.54 Å². The van der Waals surface area contributed by atoms with Gasteiger partial charge in [0.2, 0.25) is 0 Å². The highest BCUT2D eigenvalue weighted by Crippen LogP contribution is 1.84. The second kappa shape index (κ2) is 5.79. The maximum atomic E-state index is 8.52. The Hall–Kier alpha value is -0.340. The minimum Gasteiger partial charge on any atom is -0.395 e. The van der Waals surface area contributed by atoms with Crippen LogP contribution in [0, 0.1) is 0 Å². The predicted octanol–water partition coefficient (Wildman–Crippen LogP) is 0.487. The Morgan fingerprint density at radius 2 is 2.33 bits per heavy atom. The zero-order chi connectivity index (χ0) is 7.11. The van der Waals surface area contributed by atoms with Crippen LogP contribution < -0.4 is 0 Å². The van der Waals surface area contributed by atoms with Gasteiger partial charge in [0.1, 0.15) is 0 Å². The second-order valence-corrected chi connectivity index (χ2v) is 1.91. The lowest BCUT2D eigenvalue weighted by molar-refractivity contribution is 0.214. The Bertz CT molecular complexity index is 73.3. The fourth-order valence-electron chi connectivity index (χ4n) is 0.702. The lowest BCUT2D eigenvalue weighted by Crippen LogP contribution is -2.26. The van der Waals surface area contributed by atoms with Gasteiger partial charge in [0.25, 0.3) is 0 Å². The van der Waals surface area contributed by atoms with E-state index in [1.54, 1.807) is 0 Å². The number of aliphatic hydroxyl groups excluding tert-OH is 1. The average molecular weight is 129 g/mol. The van der Waals surface area contributed by atoms with Crippen LogP contribution in [0.3, 0.4) is 0 Å². The minimum atomic E-state index is 0.238. The van der Waals surface area contributed by atoms with Crippen LogP contribution in [0.25, 0.3) is 0 Å².